The van der Waals surface area contributed by atoms with Crippen LogP contribution in [0.3, 0.4) is 0 Å². The second-order valence-electron chi connectivity index (χ2n) is 11.4. The third kappa shape index (κ3) is 7.82. The molecule has 5 nitrogen and oxygen atoms in total. The first-order valence-electron chi connectivity index (χ1n) is 13.3. The number of hydrogen-bond acceptors (Lipinski definition) is 3. The molecule has 2 amide bonds. The minimum atomic E-state index is -0.503. The summed E-state index contributed by atoms with van der Waals surface area (Å²) < 4.78 is 40.1. The minimum Gasteiger partial charge on any atom is -0.350 e. The van der Waals surface area contributed by atoms with Gasteiger partial charge in [-0.1, -0.05) is 12.1 Å². The molecular weight excluding hydrogens is 491 g/mol. The number of nitrogens with zero attached hydrogens (tertiary/aromatic N) is 2. The number of nitrogens with one attached hydrogen (secondary N) is 1. The van der Waals surface area contributed by atoms with Crippen molar-refractivity contribution in [1.82, 2.24) is 15.1 Å². The van der Waals surface area contributed by atoms with Crippen molar-refractivity contribution in [3.63, 3.8) is 0 Å². The van der Waals surface area contributed by atoms with Gasteiger partial charge in [0, 0.05) is 44.1 Å². The summed E-state index contributed by atoms with van der Waals surface area (Å²) in [5.74, 6) is -0.852. The summed E-state index contributed by atoms with van der Waals surface area (Å²) in [4.78, 5) is 26.1. The molecule has 0 aliphatic carbocycles. The lowest BCUT2D eigenvalue weighted by Crippen LogP contribution is -2.39. The second-order valence-corrected chi connectivity index (χ2v) is 11.4. The van der Waals surface area contributed by atoms with E-state index < -0.39 is 11.6 Å². The van der Waals surface area contributed by atoms with Crippen molar-refractivity contribution in [2.75, 3.05) is 26.2 Å². The largest absolute Gasteiger partial charge is 0.350 e. The van der Waals surface area contributed by atoms with Crippen molar-refractivity contribution in [3.8, 4) is 0 Å². The molecule has 0 bridgehead atoms. The number of benzene rings is 2. The molecular formula is C30H40F3N3O2. The zero-order chi connectivity index (χ0) is 28.0. The molecule has 1 N–H and O–H groups in total. The quantitative estimate of drug-likeness (QED) is 0.488. The maximum Gasteiger partial charge on any atom is 0.217 e. The Morgan fingerprint density at radius 2 is 1.53 bits per heavy atom. The molecule has 8 heteroatoms. The summed E-state index contributed by atoms with van der Waals surface area (Å²) in [7, 11) is 0. The summed E-state index contributed by atoms with van der Waals surface area (Å²) in [6.45, 7) is 13.1. The third-order valence-corrected chi connectivity index (χ3v) is 7.59. The first kappa shape index (κ1) is 29.7. The Bertz CT molecular complexity index is 1110. The van der Waals surface area contributed by atoms with Crippen molar-refractivity contribution in [1.29, 1.82) is 0 Å². The van der Waals surface area contributed by atoms with Gasteiger partial charge in [-0.2, -0.15) is 0 Å². The van der Waals surface area contributed by atoms with Crippen molar-refractivity contribution >= 4 is 12.3 Å². The highest BCUT2D eigenvalue weighted by Gasteiger charge is 2.32. The van der Waals surface area contributed by atoms with Crippen LogP contribution >= 0.6 is 0 Å². The van der Waals surface area contributed by atoms with Crippen LogP contribution in [-0.4, -0.2) is 53.8 Å². The van der Waals surface area contributed by atoms with Crippen molar-refractivity contribution in [2.45, 2.75) is 77.3 Å². The van der Waals surface area contributed by atoms with Gasteiger partial charge < -0.3 is 10.2 Å². The van der Waals surface area contributed by atoms with Gasteiger partial charge in [0.05, 0.1) is 6.04 Å². The van der Waals surface area contributed by atoms with Gasteiger partial charge >= 0.3 is 0 Å². The van der Waals surface area contributed by atoms with E-state index in [-0.39, 0.29) is 29.2 Å². The lowest BCUT2D eigenvalue weighted by atomic mass is 9.84. The Hall–Kier alpha value is -2.87. The van der Waals surface area contributed by atoms with E-state index in [1.807, 2.05) is 13.0 Å². The Morgan fingerprint density at radius 3 is 2.05 bits per heavy atom. The number of amides is 2. The predicted molar refractivity (Wildman–Crippen MR) is 143 cm³/mol. The van der Waals surface area contributed by atoms with Crippen LogP contribution in [0.25, 0.3) is 0 Å². The molecule has 0 saturated carbocycles. The molecule has 208 valence electrons. The SMILES string of the molecule is CC(=O)NC(C)c1cc(F)ccc1C1CCN(C=O)CC1.CC(C)(C)N1CC[C@H](c2ccc(F)cc2F)C1. The maximum absolute atomic E-state index is 13.7. The monoisotopic (exact) mass is 531 g/mol. The zero-order valence-corrected chi connectivity index (χ0v) is 23.1. The predicted octanol–water partition coefficient (Wildman–Crippen LogP) is 5.91. The number of piperidine rings is 1. The molecule has 0 radical (unpaired) electrons. The number of rotatable bonds is 5. The maximum atomic E-state index is 13.7. The lowest BCUT2D eigenvalue weighted by Gasteiger charge is -2.31. The summed E-state index contributed by atoms with van der Waals surface area (Å²) in [6, 6.07) is 8.46. The highest BCUT2D eigenvalue weighted by molar-refractivity contribution is 5.73. The van der Waals surface area contributed by atoms with Crippen LogP contribution in [0.4, 0.5) is 13.2 Å². The molecule has 2 aromatic carbocycles. The molecule has 2 heterocycles. The van der Waals surface area contributed by atoms with Gasteiger partial charge in [0.2, 0.25) is 12.3 Å². The average Bonchev–Trinajstić information content (AvgIpc) is 3.35. The Balaban J connectivity index is 0.000000215. The van der Waals surface area contributed by atoms with Crippen LogP contribution in [0.2, 0.25) is 0 Å². The number of likely N-dealkylation sites (tertiary alicyclic amines) is 2. The van der Waals surface area contributed by atoms with E-state index in [4.69, 9.17) is 0 Å². The number of halogens is 3. The van der Waals surface area contributed by atoms with Crippen LogP contribution in [0.15, 0.2) is 36.4 Å². The Kier molecular flexibility index (Phi) is 9.99. The molecule has 2 saturated heterocycles. The van der Waals surface area contributed by atoms with Gasteiger partial charge in [-0.05, 0) is 94.3 Å². The molecule has 1 unspecified atom stereocenters. The van der Waals surface area contributed by atoms with Gasteiger partial charge in [-0.15, -0.1) is 0 Å². The van der Waals surface area contributed by atoms with Crippen molar-refractivity contribution in [3.05, 3.63) is 70.5 Å². The van der Waals surface area contributed by atoms with E-state index in [2.05, 4.69) is 31.0 Å². The Labute approximate surface area is 224 Å². The first-order valence-corrected chi connectivity index (χ1v) is 13.3. The van der Waals surface area contributed by atoms with Gasteiger partial charge in [-0.3, -0.25) is 14.5 Å². The summed E-state index contributed by atoms with van der Waals surface area (Å²) in [5, 5.41) is 2.81. The average molecular weight is 532 g/mol. The first-order chi connectivity index (χ1) is 17.9. The smallest absolute Gasteiger partial charge is 0.217 e. The summed E-state index contributed by atoms with van der Waals surface area (Å²) >= 11 is 0. The molecule has 2 atom stereocenters. The van der Waals surface area contributed by atoms with Crippen LogP contribution in [0.1, 0.15) is 88.4 Å². The molecule has 38 heavy (non-hydrogen) atoms. The van der Waals surface area contributed by atoms with E-state index in [0.29, 0.717) is 11.5 Å². The standard InChI is InChI=1S/C16H21FN2O2.C14H19F2N/c1-11(18-12(2)21)16-9-14(17)3-4-15(16)13-5-7-19(10-20)8-6-13;1-14(2,3)17-7-6-10(9-17)12-5-4-11(15)8-13(12)16/h3-4,9-11,13H,5-8H2,1-2H3,(H,18,21);4-5,8,10H,6-7,9H2,1-3H3/t;10-/m.0/s1. The summed E-state index contributed by atoms with van der Waals surface area (Å²) in [6.07, 6.45) is 3.55. The normalized spacial score (nSPS) is 19.5. The van der Waals surface area contributed by atoms with Crippen molar-refractivity contribution in [2.24, 2.45) is 0 Å². The second kappa shape index (κ2) is 12.8. The van der Waals surface area contributed by atoms with Crippen LogP contribution in [-0.2, 0) is 9.59 Å². The molecule has 0 spiro atoms. The molecule has 4 rings (SSSR count). The molecule has 2 aromatic rings. The third-order valence-electron chi connectivity index (χ3n) is 7.59. The van der Waals surface area contributed by atoms with E-state index in [1.165, 1.54) is 25.1 Å². The Morgan fingerprint density at radius 1 is 0.947 bits per heavy atom. The van der Waals surface area contributed by atoms with Gasteiger partial charge in [0.1, 0.15) is 17.5 Å². The fraction of sp³-hybridized carbons (Fsp3) is 0.533. The molecule has 2 aliphatic heterocycles. The van der Waals surface area contributed by atoms with E-state index in [0.717, 1.165) is 69.0 Å². The highest BCUT2D eigenvalue weighted by atomic mass is 19.1. The number of hydrogen-bond donors (Lipinski definition) is 1. The van der Waals surface area contributed by atoms with E-state index >= 15 is 0 Å². The highest BCUT2D eigenvalue weighted by Crippen LogP contribution is 2.34. The van der Waals surface area contributed by atoms with E-state index in [1.54, 1.807) is 11.0 Å². The van der Waals surface area contributed by atoms with Crippen LogP contribution in [0.5, 0.6) is 0 Å². The fourth-order valence-electron chi connectivity index (χ4n) is 5.45. The van der Waals surface area contributed by atoms with Crippen molar-refractivity contribution < 1.29 is 22.8 Å². The number of carbonyl (C=O) groups is 2. The summed E-state index contributed by atoms with van der Waals surface area (Å²) in [5.41, 5.74) is 2.67. The lowest BCUT2D eigenvalue weighted by molar-refractivity contribution is -0.120. The minimum absolute atomic E-state index is 0.116. The van der Waals surface area contributed by atoms with Gasteiger partial charge in [0.15, 0.2) is 0 Å². The van der Waals surface area contributed by atoms with Gasteiger partial charge in [-0.25, -0.2) is 13.2 Å². The molecule has 2 fully saturated rings. The van der Waals surface area contributed by atoms with Crippen LogP contribution < -0.4 is 5.32 Å². The zero-order valence-electron chi connectivity index (χ0n) is 23.1. The van der Waals surface area contributed by atoms with Crippen LogP contribution in [0, 0.1) is 17.5 Å². The van der Waals surface area contributed by atoms with E-state index in [9.17, 15) is 22.8 Å². The molecule has 0 aromatic heterocycles. The fourth-order valence-corrected chi connectivity index (χ4v) is 5.45. The molecule has 2 aliphatic rings. The number of carbonyl (C=O) groups excluding carboxylic acids is 2. The topological polar surface area (TPSA) is 52.7 Å². The van der Waals surface area contributed by atoms with Gasteiger partial charge in [0.25, 0.3) is 0 Å².